The fourth-order valence-electron chi connectivity index (χ4n) is 2.30. The van der Waals surface area contributed by atoms with Crippen LogP contribution in [0.3, 0.4) is 0 Å². The Morgan fingerprint density at radius 3 is 2.48 bits per heavy atom. The molecule has 0 atom stereocenters. The van der Waals surface area contributed by atoms with Gasteiger partial charge < -0.3 is 14.4 Å². The van der Waals surface area contributed by atoms with Crippen molar-refractivity contribution in [2.24, 2.45) is 0 Å². The zero-order chi connectivity index (χ0) is 16.9. The minimum absolute atomic E-state index is 0.00243. The Labute approximate surface area is 142 Å². The van der Waals surface area contributed by atoms with E-state index in [1.807, 2.05) is 4.57 Å². The summed E-state index contributed by atoms with van der Waals surface area (Å²) in [6.07, 6.45) is 1.74. The van der Waals surface area contributed by atoms with Crippen molar-refractivity contribution in [2.75, 3.05) is 13.7 Å². The molecule has 0 aliphatic heterocycles. The van der Waals surface area contributed by atoms with Gasteiger partial charge in [-0.05, 0) is 16.5 Å². The van der Waals surface area contributed by atoms with Gasteiger partial charge in [0.1, 0.15) is 0 Å². The number of ether oxygens (including phenoxy) is 1. The van der Waals surface area contributed by atoms with Crippen molar-refractivity contribution in [2.45, 2.75) is 50.2 Å². The number of hydrogen-bond acceptors (Lipinski definition) is 4. The number of aliphatic hydroxyl groups excluding tert-OH is 1. The monoisotopic (exact) mass is 334 g/mol. The van der Waals surface area contributed by atoms with Gasteiger partial charge in [-0.1, -0.05) is 56.8 Å². The van der Waals surface area contributed by atoms with Crippen molar-refractivity contribution < 1.29 is 9.84 Å². The molecule has 23 heavy (non-hydrogen) atoms. The van der Waals surface area contributed by atoms with Gasteiger partial charge in [0, 0.05) is 19.4 Å². The van der Waals surface area contributed by atoms with E-state index in [9.17, 15) is 5.11 Å². The zero-order valence-electron chi connectivity index (χ0n) is 14.4. The minimum atomic E-state index is -0.00243. The molecule has 1 aromatic carbocycles. The third kappa shape index (κ3) is 4.83. The SMILES string of the molecule is COCCn1c(CO)cnc1SCc1ccc(C(C)(C)C)cc1. The number of hydrogen-bond donors (Lipinski definition) is 1. The van der Waals surface area contributed by atoms with E-state index in [1.54, 1.807) is 25.1 Å². The lowest BCUT2D eigenvalue weighted by Gasteiger charge is -2.19. The molecule has 0 aliphatic rings. The van der Waals surface area contributed by atoms with Crippen molar-refractivity contribution in [3.8, 4) is 0 Å². The van der Waals surface area contributed by atoms with E-state index in [-0.39, 0.29) is 12.0 Å². The van der Waals surface area contributed by atoms with Gasteiger partial charge in [0.15, 0.2) is 5.16 Å². The molecule has 0 amide bonds. The molecule has 0 unspecified atom stereocenters. The lowest BCUT2D eigenvalue weighted by Crippen LogP contribution is -2.10. The maximum absolute atomic E-state index is 9.41. The van der Waals surface area contributed by atoms with Crippen LogP contribution in [0.5, 0.6) is 0 Å². The molecular formula is C18H26N2O2S. The quantitative estimate of drug-likeness (QED) is 0.786. The fraction of sp³-hybridized carbons (Fsp3) is 0.500. The maximum Gasteiger partial charge on any atom is 0.168 e. The highest BCUT2D eigenvalue weighted by Crippen LogP contribution is 2.26. The van der Waals surface area contributed by atoms with Crippen molar-refractivity contribution >= 4 is 11.8 Å². The summed E-state index contributed by atoms with van der Waals surface area (Å²) in [5.41, 5.74) is 3.62. The average Bonchev–Trinajstić information content (AvgIpc) is 2.92. The van der Waals surface area contributed by atoms with Crippen LogP contribution in [0.4, 0.5) is 0 Å². The molecule has 4 nitrogen and oxygen atoms in total. The van der Waals surface area contributed by atoms with Crippen LogP contribution in [0.1, 0.15) is 37.6 Å². The summed E-state index contributed by atoms with van der Waals surface area (Å²) in [6.45, 7) is 7.98. The van der Waals surface area contributed by atoms with Crippen LogP contribution >= 0.6 is 11.8 Å². The van der Waals surface area contributed by atoms with E-state index in [2.05, 4.69) is 50.0 Å². The maximum atomic E-state index is 9.41. The third-order valence-electron chi connectivity index (χ3n) is 3.77. The first-order chi connectivity index (χ1) is 11.0. The number of benzene rings is 1. The van der Waals surface area contributed by atoms with Crippen molar-refractivity contribution in [3.63, 3.8) is 0 Å². The highest BCUT2D eigenvalue weighted by Gasteiger charge is 2.13. The molecule has 0 radical (unpaired) electrons. The lowest BCUT2D eigenvalue weighted by atomic mass is 9.87. The summed E-state index contributed by atoms with van der Waals surface area (Å²) < 4.78 is 7.16. The molecule has 0 fully saturated rings. The first-order valence-corrected chi connectivity index (χ1v) is 8.80. The van der Waals surface area contributed by atoms with Gasteiger partial charge in [0.25, 0.3) is 0 Å². The summed E-state index contributed by atoms with van der Waals surface area (Å²) in [6, 6.07) is 8.77. The summed E-state index contributed by atoms with van der Waals surface area (Å²) >= 11 is 1.69. The van der Waals surface area contributed by atoms with Crippen molar-refractivity contribution in [1.29, 1.82) is 0 Å². The molecule has 5 heteroatoms. The molecule has 0 aliphatic carbocycles. The smallest absolute Gasteiger partial charge is 0.168 e. The first kappa shape index (κ1) is 18.0. The van der Waals surface area contributed by atoms with Gasteiger partial charge in [-0.3, -0.25) is 0 Å². The normalized spacial score (nSPS) is 11.9. The molecule has 126 valence electrons. The average molecular weight is 334 g/mol. The van der Waals surface area contributed by atoms with Crippen LogP contribution in [-0.2, 0) is 29.1 Å². The molecule has 0 bridgehead atoms. The Kier molecular flexibility index (Phi) is 6.27. The first-order valence-electron chi connectivity index (χ1n) is 7.82. The largest absolute Gasteiger partial charge is 0.390 e. The molecule has 1 aromatic heterocycles. The fourth-order valence-corrected chi connectivity index (χ4v) is 3.28. The van der Waals surface area contributed by atoms with Crippen LogP contribution in [-0.4, -0.2) is 28.4 Å². The Balaban J connectivity index is 2.04. The third-order valence-corrected chi connectivity index (χ3v) is 4.83. The molecule has 2 rings (SSSR count). The zero-order valence-corrected chi connectivity index (χ0v) is 15.2. The van der Waals surface area contributed by atoms with Crippen LogP contribution in [0, 0.1) is 0 Å². The van der Waals surface area contributed by atoms with E-state index < -0.39 is 0 Å². The predicted octanol–water partition coefficient (Wildman–Crippen LogP) is 3.61. The Hall–Kier alpha value is -1.30. The van der Waals surface area contributed by atoms with E-state index in [0.29, 0.717) is 13.2 Å². The Morgan fingerprint density at radius 1 is 1.22 bits per heavy atom. The van der Waals surface area contributed by atoms with Crippen LogP contribution in [0.25, 0.3) is 0 Å². The molecule has 1 heterocycles. The number of methoxy groups -OCH3 is 1. The number of aromatic nitrogens is 2. The van der Waals surface area contributed by atoms with E-state index in [4.69, 9.17) is 4.74 Å². The number of thioether (sulfide) groups is 1. The predicted molar refractivity (Wildman–Crippen MR) is 94.7 cm³/mol. The van der Waals surface area contributed by atoms with Crippen molar-refractivity contribution in [3.05, 3.63) is 47.3 Å². The number of imidazole rings is 1. The van der Waals surface area contributed by atoms with Gasteiger partial charge in [-0.25, -0.2) is 4.98 Å². The summed E-state index contributed by atoms with van der Waals surface area (Å²) in [5, 5.41) is 10.3. The molecule has 1 N–H and O–H groups in total. The second kappa shape index (κ2) is 7.99. The van der Waals surface area contributed by atoms with Crippen LogP contribution in [0.15, 0.2) is 35.6 Å². The van der Waals surface area contributed by atoms with Crippen LogP contribution < -0.4 is 0 Å². The standard InChI is InChI=1S/C18H26N2O2S/c1-18(2,3)15-7-5-14(6-8-15)13-23-17-19-11-16(12-21)20(17)9-10-22-4/h5-8,11,21H,9-10,12-13H2,1-4H3. The highest BCUT2D eigenvalue weighted by molar-refractivity contribution is 7.98. The summed E-state index contributed by atoms with van der Waals surface area (Å²) in [4.78, 5) is 4.42. The number of rotatable bonds is 7. The Morgan fingerprint density at radius 2 is 1.91 bits per heavy atom. The number of nitrogens with zero attached hydrogens (tertiary/aromatic N) is 2. The van der Waals surface area contributed by atoms with Gasteiger partial charge in [0.2, 0.25) is 0 Å². The minimum Gasteiger partial charge on any atom is -0.390 e. The van der Waals surface area contributed by atoms with Gasteiger partial charge in [0.05, 0.1) is 25.1 Å². The van der Waals surface area contributed by atoms with Gasteiger partial charge in [-0.15, -0.1) is 0 Å². The molecule has 0 spiro atoms. The molecule has 0 saturated heterocycles. The molecular weight excluding hydrogens is 308 g/mol. The van der Waals surface area contributed by atoms with Crippen molar-refractivity contribution in [1.82, 2.24) is 9.55 Å². The highest BCUT2D eigenvalue weighted by atomic mass is 32.2. The van der Waals surface area contributed by atoms with Crippen LogP contribution in [0.2, 0.25) is 0 Å². The van der Waals surface area contributed by atoms with E-state index >= 15 is 0 Å². The lowest BCUT2D eigenvalue weighted by molar-refractivity contribution is 0.180. The van der Waals surface area contributed by atoms with Gasteiger partial charge in [-0.2, -0.15) is 0 Å². The molecule has 0 saturated carbocycles. The van der Waals surface area contributed by atoms with E-state index in [1.165, 1.54) is 11.1 Å². The second-order valence-corrected chi connectivity index (χ2v) is 7.51. The summed E-state index contributed by atoms with van der Waals surface area (Å²) in [5.74, 6) is 0.860. The van der Waals surface area contributed by atoms with E-state index in [0.717, 1.165) is 16.6 Å². The number of aliphatic hydroxyl groups is 1. The Bertz CT molecular complexity index is 615. The van der Waals surface area contributed by atoms with Gasteiger partial charge >= 0.3 is 0 Å². The summed E-state index contributed by atoms with van der Waals surface area (Å²) in [7, 11) is 1.68. The topological polar surface area (TPSA) is 47.3 Å². The second-order valence-electron chi connectivity index (χ2n) is 6.57. The molecule has 2 aromatic rings.